The first-order valence-electron chi connectivity index (χ1n) is 9.06. The van der Waals surface area contributed by atoms with E-state index >= 15 is 0 Å². The van der Waals surface area contributed by atoms with Crippen LogP contribution >= 0.6 is 0 Å². The van der Waals surface area contributed by atoms with Gasteiger partial charge in [-0.15, -0.1) is 0 Å². The number of hydrogen-bond acceptors (Lipinski definition) is 5. The zero-order valence-electron chi connectivity index (χ0n) is 15.2. The Kier molecular flexibility index (Phi) is 4.19. The van der Waals surface area contributed by atoms with E-state index in [1.165, 1.54) is 0 Å². The molecule has 2 saturated heterocycles. The summed E-state index contributed by atoms with van der Waals surface area (Å²) >= 11 is 0. The second-order valence-electron chi connectivity index (χ2n) is 7.71. The summed E-state index contributed by atoms with van der Waals surface area (Å²) in [5.74, 6) is -0.0991. The van der Waals surface area contributed by atoms with Crippen LogP contribution in [0, 0.1) is 5.41 Å². The summed E-state index contributed by atoms with van der Waals surface area (Å²) in [7, 11) is 3.96. The zero-order chi connectivity index (χ0) is 18.3. The van der Waals surface area contributed by atoms with Crippen molar-refractivity contribution in [3.63, 3.8) is 0 Å². The highest BCUT2D eigenvalue weighted by molar-refractivity contribution is 6.05. The smallest absolute Gasteiger partial charge is 0.312 e. The van der Waals surface area contributed by atoms with Gasteiger partial charge in [-0.2, -0.15) is 5.10 Å². The van der Waals surface area contributed by atoms with Crippen LogP contribution in [0.4, 0.5) is 0 Å². The molecule has 1 spiro atoms. The van der Waals surface area contributed by atoms with Crippen molar-refractivity contribution in [1.82, 2.24) is 20.0 Å². The second kappa shape index (κ2) is 6.39. The highest BCUT2D eigenvalue weighted by Crippen LogP contribution is 2.43. The normalized spacial score (nSPS) is 22.3. The highest BCUT2D eigenvalue weighted by Gasteiger charge is 2.50. The number of nitrogens with zero attached hydrogens (tertiary/aromatic N) is 3. The molecular weight excluding hydrogens is 332 g/mol. The maximum Gasteiger partial charge on any atom is 0.312 e. The zero-order valence-corrected chi connectivity index (χ0v) is 15.2. The SMILES string of the molecule is CN(C)CC1CC2(CCN(C(=O)c3cccc4cn[nH]c34)CC2)C(=O)O1. The van der Waals surface area contributed by atoms with Crippen LogP contribution in [-0.4, -0.2) is 71.7 Å². The predicted octanol–water partition coefficient (Wildman–Crippen LogP) is 1.66. The van der Waals surface area contributed by atoms with Gasteiger partial charge in [0.2, 0.25) is 0 Å². The molecular formula is C19H24N4O3. The van der Waals surface area contributed by atoms with Crippen LogP contribution in [0.15, 0.2) is 24.4 Å². The van der Waals surface area contributed by atoms with Crippen molar-refractivity contribution >= 4 is 22.8 Å². The molecule has 138 valence electrons. The number of ether oxygens (including phenoxy) is 1. The molecule has 1 unspecified atom stereocenters. The number of likely N-dealkylation sites (N-methyl/N-ethyl adjacent to an activating group) is 1. The third-order valence-electron chi connectivity index (χ3n) is 5.61. The van der Waals surface area contributed by atoms with Crippen LogP contribution in [0.3, 0.4) is 0 Å². The molecule has 0 radical (unpaired) electrons. The molecule has 0 bridgehead atoms. The van der Waals surface area contributed by atoms with Gasteiger partial charge in [0.25, 0.3) is 5.91 Å². The van der Waals surface area contributed by atoms with E-state index in [2.05, 4.69) is 10.2 Å². The third-order valence-corrected chi connectivity index (χ3v) is 5.61. The molecule has 2 aliphatic rings. The fourth-order valence-electron chi connectivity index (χ4n) is 4.21. The number of rotatable bonds is 3. The first-order chi connectivity index (χ1) is 12.5. The number of carbonyl (C=O) groups is 2. The van der Waals surface area contributed by atoms with Crippen LogP contribution in [0.5, 0.6) is 0 Å². The number of para-hydroxylation sites is 1. The summed E-state index contributed by atoms with van der Waals surface area (Å²) in [6, 6.07) is 5.63. The first-order valence-corrected chi connectivity index (χ1v) is 9.06. The number of cyclic esters (lactones) is 1. The average Bonchev–Trinajstić information content (AvgIpc) is 3.19. The summed E-state index contributed by atoms with van der Waals surface area (Å²) in [4.78, 5) is 29.3. The second-order valence-corrected chi connectivity index (χ2v) is 7.71. The summed E-state index contributed by atoms with van der Waals surface area (Å²) in [5, 5.41) is 7.87. The number of piperidine rings is 1. The van der Waals surface area contributed by atoms with Gasteiger partial charge in [-0.25, -0.2) is 0 Å². The van der Waals surface area contributed by atoms with Crippen molar-refractivity contribution in [2.45, 2.75) is 25.4 Å². The number of H-pyrrole nitrogens is 1. The van der Waals surface area contributed by atoms with Gasteiger partial charge in [0, 0.05) is 31.4 Å². The van der Waals surface area contributed by atoms with Gasteiger partial charge in [0.15, 0.2) is 0 Å². The van der Waals surface area contributed by atoms with Crippen molar-refractivity contribution in [3.8, 4) is 0 Å². The number of nitrogens with one attached hydrogen (secondary N) is 1. The van der Waals surface area contributed by atoms with Gasteiger partial charge in [-0.3, -0.25) is 14.7 Å². The Morgan fingerprint density at radius 2 is 2.15 bits per heavy atom. The molecule has 1 aromatic carbocycles. The number of esters is 1. The van der Waals surface area contributed by atoms with Crippen molar-refractivity contribution in [2.75, 3.05) is 33.7 Å². The van der Waals surface area contributed by atoms with E-state index < -0.39 is 5.41 Å². The van der Waals surface area contributed by atoms with Gasteiger partial charge >= 0.3 is 5.97 Å². The number of amides is 1. The largest absolute Gasteiger partial charge is 0.461 e. The lowest BCUT2D eigenvalue weighted by molar-refractivity contribution is -0.150. The van der Waals surface area contributed by atoms with Gasteiger partial charge < -0.3 is 14.5 Å². The van der Waals surface area contributed by atoms with Gasteiger partial charge in [0.05, 0.1) is 22.7 Å². The number of likely N-dealkylation sites (tertiary alicyclic amines) is 1. The molecule has 7 heteroatoms. The van der Waals surface area contributed by atoms with Crippen molar-refractivity contribution in [2.24, 2.45) is 5.41 Å². The van der Waals surface area contributed by atoms with E-state index in [1.807, 2.05) is 42.1 Å². The lowest BCUT2D eigenvalue weighted by Crippen LogP contribution is -2.45. The number of carbonyl (C=O) groups excluding carboxylic acids is 2. The Morgan fingerprint density at radius 3 is 2.88 bits per heavy atom. The van der Waals surface area contributed by atoms with Crippen LogP contribution in [-0.2, 0) is 9.53 Å². The van der Waals surface area contributed by atoms with E-state index in [1.54, 1.807) is 6.20 Å². The molecule has 1 N–H and O–H groups in total. The molecule has 0 aliphatic carbocycles. The minimum atomic E-state index is -0.419. The molecule has 2 aromatic rings. The Bertz CT molecular complexity index is 836. The fourth-order valence-corrected chi connectivity index (χ4v) is 4.21. The number of fused-ring (bicyclic) bond motifs is 1. The van der Waals surface area contributed by atoms with E-state index in [0.29, 0.717) is 31.5 Å². The standard InChI is InChI=1S/C19H24N4O3/c1-22(2)12-14-10-19(18(25)26-14)6-8-23(9-7-19)17(24)15-5-3-4-13-11-20-21-16(13)15/h3-5,11,14H,6-10,12H2,1-2H3,(H,20,21). The molecule has 3 heterocycles. The minimum absolute atomic E-state index is 0.00842. The lowest BCUT2D eigenvalue weighted by atomic mass is 9.76. The number of aromatic nitrogens is 2. The molecule has 0 saturated carbocycles. The van der Waals surface area contributed by atoms with Crippen LogP contribution in [0.25, 0.3) is 10.9 Å². The molecule has 2 fully saturated rings. The molecule has 1 atom stereocenters. The van der Waals surface area contributed by atoms with Crippen molar-refractivity contribution in [3.05, 3.63) is 30.0 Å². The van der Waals surface area contributed by atoms with E-state index in [0.717, 1.165) is 23.9 Å². The molecule has 1 aromatic heterocycles. The molecule has 2 aliphatic heterocycles. The van der Waals surface area contributed by atoms with Gasteiger partial charge in [-0.05, 0) is 33.0 Å². The van der Waals surface area contributed by atoms with Crippen LogP contribution in [0.2, 0.25) is 0 Å². The first kappa shape index (κ1) is 17.0. The topological polar surface area (TPSA) is 78.5 Å². The predicted molar refractivity (Wildman–Crippen MR) is 96.7 cm³/mol. The average molecular weight is 356 g/mol. The maximum atomic E-state index is 13.0. The monoisotopic (exact) mass is 356 g/mol. The van der Waals surface area contributed by atoms with Crippen molar-refractivity contribution in [1.29, 1.82) is 0 Å². The van der Waals surface area contributed by atoms with Crippen LogP contribution in [0.1, 0.15) is 29.6 Å². The fraction of sp³-hybridized carbons (Fsp3) is 0.526. The Labute approximate surface area is 152 Å². The Balaban J connectivity index is 1.46. The third kappa shape index (κ3) is 2.86. The van der Waals surface area contributed by atoms with Gasteiger partial charge in [-0.1, -0.05) is 12.1 Å². The van der Waals surface area contributed by atoms with E-state index in [4.69, 9.17) is 4.74 Å². The van der Waals surface area contributed by atoms with E-state index in [9.17, 15) is 9.59 Å². The summed E-state index contributed by atoms with van der Waals surface area (Å²) in [6.07, 6.45) is 3.76. The highest BCUT2D eigenvalue weighted by atomic mass is 16.6. The maximum absolute atomic E-state index is 13.0. The minimum Gasteiger partial charge on any atom is -0.461 e. The molecule has 1 amide bonds. The number of benzene rings is 1. The molecule has 26 heavy (non-hydrogen) atoms. The summed E-state index contributed by atoms with van der Waals surface area (Å²) in [6.45, 7) is 1.90. The Hall–Kier alpha value is -2.41. The lowest BCUT2D eigenvalue weighted by Gasteiger charge is -2.36. The number of hydrogen-bond donors (Lipinski definition) is 1. The Morgan fingerprint density at radius 1 is 1.38 bits per heavy atom. The quantitative estimate of drug-likeness (QED) is 0.847. The van der Waals surface area contributed by atoms with E-state index in [-0.39, 0.29) is 18.0 Å². The van der Waals surface area contributed by atoms with Crippen molar-refractivity contribution < 1.29 is 14.3 Å². The summed E-state index contributed by atoms with van der Waals surface area (Å²) in [5.41, 5.74) is 0.983. The van der Waals surface area contributed by atoms with Crippen LogP contribution < -0.4 is 0 Å². The molecule has 7 nitrogen and oxygen atoms in total. The van der Waals surface area contributed by atoms with Gasteiger partial charge in [0.1, 0.15) is 6.10 Å². The summed E-state index contributed by atoms with van der Waals surface area (Å²) < 4.78 is 5.60. The number of aromatic amines is 1. The molecule has 4 rings (SSSR count).